The normalized spacial score (nSPS) is 15.3. The molecule has 0 saturated heterocycles. The van der Waals surface area contributed by atoms with Crippen molar-refractivity contribution in [1.82, 2.24) is 5.32 Å². The molecule has 0 saturated carbocycles. The van der Waals surface area contributed by atoms with Gasteiger partial charge in [0, 0.05) is 20.3 Å². The van der Waals surface area contributed by atoms with E-state index in [0.717, 1.165) is 32.5 Å². The van der Waals surface area contributed by atoms with Gasteiger partial charge in [-0.3, -0.25) is 0 Å². The van der Waals surface area contributed by atoms with E-state index >= 15 is 0 Å². The van der Waals surface area contributed by atoms with E-state index in [0.29, 0.717) is 5.92 Å². The van der Waals surface area contributed by atoms with Crippen LogP contribution in [0.4, 0.5) is 0 Å². The average molecular weight is 213 g/mol. The molecule has 2 nitrogen and oxygen atoms in total. The first-order valence-corrected chi connectivity index (χ1v) is 5.87. The van der Waals surface area contributed by atoms with Gasteiger partial charge in [-0.2, -0.15) is 0 Å². The van der Waals surface area contributed by atoms with E-state index in [1.54, 1.807) is 7.11 Å². The highest BCUT2D eigenvalue weighted by molar-refractivity contribution is 4.92. The number of nitrogens with one attached hydrogen (secondary N) is 1. The third-order valence-corrected chi connectivity index (χ3v) is 2.67. The summed E-state index contributed by atoms with van der Waals surface area (Å²) in [7, 11) is 1.75. The van der Waals surface area contributed by atoms with Gasteiger partial charge in [0.1, 0.15) is 0 Å². The Balaban J connectivity index is 3.80. The maximum atomic E-state index is 5.07. The summed E-state index contributed by atoms with van der Waals surface area (Å²) in [5.41, 5.74) is 0.202. The first-order chi connectivity index (χ1) is 7.04. The van der Waals surface area contributed by atoms with Gasteiger partial charge in [-0.05, 0) is 30.7 Å². The maximum Gasteiger partial charge on any atom is 0.0462 e. The predicted octanol–water partition coefficient (Wildman–Crippen LogP) is 2.85. The molecule has 0 aliphatic rings. The van der Waals surface area contributed by atoms with Crippen LogP contribution in [0.25, 0.3) is 0 Å². The van der Waals surface area contributed by atoms with E-state index < -0.39 is 0 Å². The van der Waals surface area contributed by atoms with Crippen LogP contribution in [0, 0.1) is 11.3 Å². The van der Waals surface area contributed by atoms with Crippen LogP contribution in [0.2, 0.25) is 0 Å². The number of hydrogen-bond acceptors (Lipinski definition) is 2. The van der Waals surface area contributed by atoms with E-state index in [1.165, 1.54) is 0 Å². The summed E-state index contributed by atoms with van der Waals surface area (Å²) in [6.07, 6.45) is 4.30. The average Bonchev–Trinajstić information content (AvgIpc) is 2.18. The Hall–Kier alpha value is -0.340. The molecule has 0 aliphatic carbocycles. The highest BCUT2D eigenvalue weighted by Crippen LogP contribution is 2.23. The molecule has 0 spiro atoms. The van der Waals surface area contributed by atoms with Crippen LogP contribution < -0.4 is 5.32 Å². The van der Waals surface area contributed by atoms with E-state index in [-0.39, 0.29) is 5.41 Å². The monoisotopic (exact) mass is 213 g/mol. The van der Waals surface area contributed by atoms with Crippen molar-refractivity contribution in [2.75, 3.05) is 26.8 Å². The molecule has 0 amide bonds. The fourth-order valence-corrected chi connectivity index (χ4v) is 1.53. The van der Waals surface area contributed by atoms with Gasteiger partial charge in [-0.1, -0.05) is 26.8 Å². The van der Waals surface area contributed by atoms with Crippen LogP contribution >= 0.6 is 0 Å². The number of ether oxygens (including phenoxy) is 1. The SMILES string of the molecule is C=CC(C)(CCCOC)CNCC(C)C. The second kappa shape index (κ2) is 7.89. The van der Waals surface area contributed by atoms with Crippen LogP contribution in [0.15, 0.2) is 12.7 Å². The van der Waals surface area contributed by atoms with Gasteiger partial charge in [0.25, 0.3) is 0 Å². The lowest BCUT2D eigenvalue weighted by Crippen LogP contribution is -2.32. The van der Waals surface area contributed by atoms with Crippen molar-refractivity contribution in [3.05, 3.63) is 12.7 Å². The lowest BCUT2D eigenvalue weighted by atomic mass is 9.85. The van der Waals surface area contributed by atoms with E-state index in [1.807, 2.05) is 0 Å². The molecular formula is C13H27NO. The summed E-state index contributed by atoms with van der Waals surface area (Å²) in [5.74, 6) is 0.707. The number of hydrogen-bond donors (Lipinski definition) is 1. The molecular weight excluding hydrogens is 186 g/mol. The lowest BCUT2D eigenvalue weighted by molar-refractivity contribution is 0.179. The molecule has 0 aromatic carbocycles. The summed E-state index contributed by atoms with van der Waals surface area (Å²) in [5, 5.41) is 3.49. The summed E-state index contributed by atoms with van der Waals surface area (Å²) in [6, 6.07) is 0. The molecule has 0 bridgehead atoms. The number of rotatable bonds is 9. The van der Waals surface area contributed by atoms with Gasteiger partial charge in [0.15, 0.2) is 0 Å². The first-order valence-electron chi connectivity index (χ1n) is 5.87. The Bertz CT molecular complexity index is 168. The zero-order chi connectivity index (χ0) is 11.7. The Morgan fingerprint density at radius 3 is 2.60 bits per heavy atom. The molecule has 0 aromatic rings. The van der Waals surface area contributed by atoms with Crippen molar-refractivity contribution in [2.24, 2.45) is 11.3 Å². The van der Waals surface area contributed by atoms with Crippen LogP contribution in [0.5, 0.6) is 0 Å². The minimum absolute atomic E-state index is 0.202. The summed E-state index contributed by atoms with van der Waals surface area (Å²) in [6.45, 7) is 13.6. The molecule has 0 heterocycles. The summed E-state index contributed by atoms with van der Waals surface area (Å²) < 4.78 is 5.07. The number of methoxy groups -OCH3 is 1. The molecule has 0 radical (unpaired) electrons. The molecule has 0 aliphatic heterocycles. The van der Waals surface area contributed by atoms with Crippen molar-refractivity contribution < 1.29 is 4.74 Å². The molecule has 1 unspecified atom stereocenters. The molecule has 0 aromatic heterocycles. The highest BCUT2D eigenvalue weighted by atomic mass is 16.5. The lowest BCUT2D eigenvalue weighted by Gasteiger charge is -2.26. The Labute approximate surface area is 95.1 Å². The second-order valence-electron chi connectivity index (χ2n) is 4.98. The van der Waals surface area contributed by atoms with Crippen molar-refractivity contribution in [3.63, 3.8) is 0 Å². The molecule has 1 atom stereocenters. The van der Waals surface area contributed by atoms with Crippen LogP contribution in [-0.4, -0.2) is 26.8 Å². The largest absolute Gasteiger partial charge is 0.385 e. The zero-order valence-corrected chi connectivity index (χ0v) is 10.8. The fraction of sp³-hybridized carbons (Fsp3) is 0.846. The van der Waals surface area contributed by atoms with Crippen molar-refractivity contribution >= 4 is 0 Å². The van der Waals surface area contributed by atoms with Gasteiger partial charge in [-0.15, -0.1) is 6.58 Å². The maximum absolute atomic E-state index is 5.07. The third kappa shape index (κ3) is 7.57. The van der Waals surface area contributed by atoms with Crippen LogP contribution in [0.3, 0.4) is 0 Å². The molecule has 90 valence electrons. The van der Waals surface area contributed by atoms with Gasteiger partial charge < -0.3 is 10.1 Å². The molecule has 1 N–H and O–H groups in total. The topological polar surface area (TPSA) is 21.3 Å². The smallest absolute Gasteiger partial charge is 0.0462 e. The van der Waals surface area contributed by atoms with Crippen LogP contribution in [0.1, 0.15) is 33.6 Å². The fourth-order valence-electron chi connectivity index (χ4n) is 1.53. The Morgan fingerprint density at radius 2 is 2.13 bits per heavy atom. The second-order valence-corrected chi connectivity index (χ2v) is 4.98. The van der Waals surface area contributed by atoms with Gasteiger partial charge in [-0.25, -0.2) is 0 Å². The minimum atomic E-state index is 0.202. The van der Waals surface area contributed by atoms with Crippen molar-refractivity contribution in [3.8, 4) is 0 Å². The van der Waals surface area contributed by atoms with Gasteiger partial charge in [0.05, 0.1) is 0 Å². The van der Waals surface area contributed by atoms with E-state index in [4.69, 9.17) is 4.74 Å². The molecule has 0 rings (SSSR count). The zero-order valence-electron chi connectivity index (χ0n) is 10.8. The molecule has 15 heavy (non-hydrogen) atoms. The predicted molar refractivity (Wildman–Crippen MR) is 67.1 cm³/mol. The van der Waals surface area contributed by atoms with Crippen LogP contribution in [-0.2, 0) is 4.74 Å². The molecule has 2 heteroatoms. The Kier molecular flexibility index (Phi) is 7.71. The van der Waals surface area contributed by atoms with Crippen molar-refractivity contribution in [2.45, 2.75) is 33.6 Å². The molecule has 0 fully saturated rings. The van der Waals surface area contributed by atoms with Gasteiger partial charge >= 0.3 is 0 Å². The quantitative estimate of drug-likeness (QED) is 0.470. The minimum Gasteiger partial charge on any atom is -0.385 e. The standard InChI is InChI=1S/C13H27NO/c1-6-13(4,8-7-9-15-5)11-14-10-12(2)3/h6,12,14H,1,7-11H2,2-5H3. The van der Waals surface area contributed by atoms with Gasteiger partial charge in [0.2, 0.25) is 0 Å². The van der Waals surface area contributed by atoms with E-state index in [2.05, 4.69) is 38.7 Å². The van der Waals surface area contributed by atoms with E-state index in [9.17, 15) is 0 Å². The first kappa shape index (κ1) is 14.7. The highest BCUT2D eigenvalue weighted by Gasteiger charge is 2.19. The third-order valence-electron chi connectivity index (χ3n) is 2.67. The Morgan fingerprint density at radius 1 is 1.47 bits per heavy atom. The summed E-state index contributed by atoms with van der Waals surface area (Å²) in [4.78, 5) is 0. The summed E-state index contributed by atoms with van der Waals surface area (Å²) >= 11 is 0. The van der Waals surface area contributed by atoms with Crippen molar-refractivity contribution in [1.29, 1.82) is 0 Å².